The molecule has 25 heavy (non-hydrogen) atoms. The normalized spacial score (nSPS) is 20.0. The third-order valence-electron chi connectivity index (χ3n) is 4.53. The van der Waals surface area contributed by atoms with Crippen LogP contribution in [0.5, 0.6) is 0 Å². The van der Waals surface area contributed by atoms with E-state index in [4.69, 9.17) is 10.5 Å². The molecular weight excluding hydrogens is 316 g/mol. The molecule has 0 bridgehead atoms. The third-order valence-corrected chi connectivity index (χ3v) is 4.53. The number of fused-ring (bicyclic) bond motifs is 1. The van der Waals surface area contributed by atoms with Crippen LogP contribution < -0.4 is 11.1 Å². The largest absolute Gasteiger partial charge is 0.364 e. The summed E-state index contributed by atoms with van der Waals surface area (Å²) in [5.74, 6) is -0.114. The standard InChI is InChI=1S/C19H20N4O2/c20-11-15-9-10-18(25-15)19(24)22-13-5-7-14(8-6-13)23-12-21-16-3-1-2-4-17(16)23/h1-8,12,15,18H,9-11,20H2,(H,22,24)/t15-,18+/m1/s1. The van der Waals surface area contributed by atoms with Crippen LogP contribution >= 0.6 is 0 Å². The van der Waals surface area contributed by atoms with Gasteiger partial charge in [0.2, 0.25) is 0 Å². The van der Waals surface area contributed by atoms with Crippen LogP contribution in [0, 0.1) is 0 Å². The maximum Gasteiger partial charge on any atom is 0.253 e. The first-order chi connectivity index (χ1) is 12.2. The van der Waals surface area contributed by atoms with Gasteiger partial charge in [-0.15, -0.1) is 0 Å². The summed E-state index contributed by atoms with van der Waals surface area (Å²) < 4.78 is 7.65. The molecule has 0 spiro atoms. The predicted molar refractivity (Wildman–Crippen MR) is 96.6 cm³/mol. The SMILES string of the molecule is NC[C@H]1CC[C@@H](C(=O)Nc2ccc(-n3cnc4ccccc43)cc2)O1. The van der Waals surface area contributed by atoms with Crippen molar-refractivity contribution in [1.82, 2.24) is 9.55 Å². The summed E-state index contributed by atoms with van der Waals surface area (Å²) in [4.78, 5) is 16.7. The molecule has 0 aliphatic carbocycles. The zero-order valence-electron chi connectivity index (χ0n) is 13.8. The van der Waals surface area contributed by atoms with Crippen molar-refractivity contribution < 1.29 is 9.53 Å². The van der Waals surface area contributed by atoms with Gasteiger partial charge in [-0.3, -0.25) is 9.36 Å². The van der Waals surface area contributed by atoms with E-state index in [1.54, 1.807) is 6.33 Å². The molecule has 128 valence electrons. The highest BCUT2D eigenvalue weighted by Gasteiger charge is 2.29. The second-order valence-electron chi connectivity index (χ2n) is 6.20. The number of amides is 1. The van der Waals surface area contributed by atoms with Gasteiger partial charge in [-0.25, -0.2) is 4.98 Å². The minimum atomic E-state index is -0.411. The Morgan fingerprint density at radius 1 is 1.20 bits per heavy atom. The fourth-order valence-corrected chi connectivity index (χ4v) is 3.17. The zero-order valence-corrected chi connectivity index (χ0v) is 13.8. The van der Waals surface area contributed by atoms with Crippen molar-refractivity contribution in [3.63, 3.8) is 0 Å². The lowest BCUT2D eigenvalue weighted by atomic mass is 10.2. The molecule has 3 N–H and O–H groups in total. The summed E-state index contributed by atoms with van der Waals surface area (Å²) in [6, 6.07) is 15.7. The monoisotopic (exact) mass is 336 g/mol. The van der Waals surface area contributed by atoms with Crippen molar-refractivity contribution in [3.05, 3.63) is 54.9 Å². The minimum absolute atomic E-state index is 0.00681. The Morgan fingerprint density at radius 3 is 2.76 bits per heavy atom. The van der Waals surface area contributed by atoms with Crippen LogP contribution in [0.3, 0.4) is 0 Å². The highest BCUT2D eigenvalue weighted by molar-refractivity contribution is 5.94. The van der Waals surface area contributed by atoms with Gasteiger partial charge in [-0.05, 0) is 49.2 Å². The van der Waals surface area contributed by atoms with E-state index in [1.165, 1.54) is 0 Å². The van der Waals surface area contributed by atoms with Gasteiger partial charge in [-0.1, -0.05) is 12.1 Å². The number of nitrogens with two attached hydrogens (primary N) is 1. The van der Waals surface area contributed by atoms with Crippen LogP contribution in [0.15, 0.2) is 54.9 Å². The number of carbonyl (C=O) groups excluding carboxylic acids is 1. The van der Waals surface area contributed by atoms with Gasteiger partial charge in [0.05, 0.1) is 17.1 Å². The number of imidazole rings is 1. The third kappa shape index (κ3) is 3.14. The molecule has 1 amide bonds. The Bertz CT molecular complexity index is 888. The van der Waals surface area contributed by atoms with Crippen LogP contribution in [0.4, 0.5) is 5.69 Å². The van der Waals surface area contributed by atoms with Gasteiger partial charge in [0.1, 0.15) is 12.4 Å². The first kappa shape index (κ1) is 15.8. The molecule has 6 heteroatoms. The van der Waals surface area contributed by atoms with Crippen molar-refractivity contribution >= 4 is 22.6 Å². The van der Waals surface area contributed by atoms with E-state index < -0.39 is 6.10 Å². The molecule has 0 radical (unpaired) electrons. The van der Waals surface area contributed by atoms with Gasteiger partial charge >= 0.3 is 0 Å². The number of rotatable bonds is 4. The van der Waals surface area contributed by atoms with E-state index in [9.17, 15) is 4.79 Å². The summed E-state index contributed by atoms with van der Waals surface area (Å²) in [6.45, 7) is 0.456. The number of hydrogen-bond donors (Lipinski definition) is 2. The van der Waals surface area contributed by atoms with E-state index >= 15 is 0 Å². The first-order valence-electron chi connectivity index (χ1n) is 8.43. The van der Waals surface area contributed by atoms with Crippen LogP contribution in [0.2, 0.25) is 0 Å². The molecule has 1 saturated heterocycles. The number of aromatic nitrogens is 2. The summed E-state index contributed by atoms with van der Waals surface area (Å²) in [5.41, 5.74) is 9.33. The fourth-order valence-electron chi connectivity index (χ4n) is 3.17. The minimum Gasteiger partial charge on any atom is -0.364 e. The molecule has 6 nitrogen and oxygen atoms in total. The molecule has 1 fully saturated rings. The number of benzene rings is 2. The van der Waals surface area contributed by atoms with Gasteiger partial charge < -0.3 is 15.8 Å². The highest BCUT2D eigenvalue weighted by atomic mass is 16.5. The van der Waals surface area contributed by atoms with Crippen molar-refractivity contribution in [2.75, 3.05) is 11.9 Å². The number of hydrogen-bond acceptors (Lipinski definition) is 4. The molecule has 3 aromatic rings. The topological polar surface area (TPSA) is 82.2 Å². The highest BCUT2D eigenvalue weighted by Crippen LogP contribution is 2.22. The Kier molecular flexibility index (Phi) is 4.21. The molecule has 1 aliphatic rings. The lowest BCUT2D eigenvalue weighted by Crippen LogP contribution is -2.29. The van der Waals surface area contributed by atoms with E-state index in [-0.39, 0.29) is 12.0 Å². The Balaban J connectivity index is 1.48. The van der Waals surface area contributed by atoms with Gasteiger partial charge in [0.15, 0.2) is 0 Å². The molecule has 0 unspecified atom stereocenters. The van der Waals surface area contributed by atoms with Crippen molar-refractivity contribution in [1.29, 1.82) is 0 Å². The number of anilines is 1. The van der Waals surface area contributed by atoms with Crippen LogP contribution in [0.25, 0.3) is 16.7 Å². The second-order valence-corrected chi connectivity index (χ2v) is 6.20. The average molecular weight is 336 g/mol. The maximum absolute atomic E-state index is 12.3. The van der Waals surface area contributed by atoms with Crippen molar-refractivity contribution in [2.24, 2.45) is 5.73 Å². The summed E-state index contributed by atoms with van der Waals surface area (Å²) in [7, 11) is 0. The Hall–Kier alpha value is -2.70. The number of nitrogens with zero attached hydrogens (tertiary/aromatic N) is 2. The Labute approximate surface area is 145 Å². The van der Waals surface area contributed by atoms with Crippen LogP contribution in [0.1, 0.15) is 12.8 Å². The molecule has 2 heterocycles. The van der Waals surface area contributed by atoms with E-state index in [1.807, 2.05) is 53.1 Å². The predicted octanol–water partition coefficient (Wildman–Crippen LogP) is 2.47. The molecule has 1 aliphatic heterocycles. The van der Waals surface area contributed by atoms with Crippen molar-refractivity contribution in [3.8, 4) is 5.69 Å². The lowest BCUT2D eigenvalue weighted by Gasteiger charge is -2.13. The smallest absolute Gasteiger partial charge is 0.253 e. The quantitative estimate of drug-likeness (QED) is 0.767. The molecule has 0 saturated carbocycles. The summed E-state index contributed by atoms with van der Waals surface area (Å²) >= 11 is 0. The van der Waals surface area contributed by atoms with E-state index in [2.05, 4.69) is 10.3 Å². The van der Waals surface area contributed by atoms with Crippen LogP contribution in [-0.2, 0) is 9.53 Å². The summed E-state index contributed by atoms with van der Waals surface area (Å²) in [6.07, 6.45) is 2.93. The zero-order chi connectivity index (χ0) is 17.2. The molecule has 2 atom stereocenters. The Morgan fingerprint density at radius 2 is 2.00 bits per heavy atom. The lowest BCUT2D eigenvalue weighted by molar-refractivity contribution is -0.126. The average Bonchev–Trinajstić information content (AvgIpc) is 3.29. The maximum atomic E-state index is 12.3. The van der Waals surface area contributed by atoms with Crippen molar-refractivity contribution in [2.45, 2.75) is 25.0 Å². The van der Waals surface area contributed by atoms with Gasteiger partial charge in [0.25, 0.3) is 5.91 Å². The molecule has 4 rings (SSSR count). The van der Waals surface area contributed by atoms with Gasteiger partial charge in [0, 0.05) is 17.9 Å². The van der Waals surface area contributed by atoms with E-state index in [0.717, 1.165) is 28.8 Å². The first-order valence-corrected chi connectivity index (χ1v) is 8.43. The molecule has 1 aromatic heterocycles. The number of para-hydroxylation sites is 2. The number of carbonyl (C=O) groups is 1. The van der Waals surface area contributed by atoms with E-state index in [0.29, 0.717) is 13.0 Å². The molecule has 2 aromatic carbocycles. The van der Waals surface area contributed by atoms with Crippen LogP contribution in [-0.4, -0.2) is 34.2 Å². The molecular formula is C19H20N4O2. The fraction of sp³-hybridized carbons (Fsp3) is 0.263. The number of nitrogens with one attached hydrogen (secondary N) is 1. The number of ether oxygens (including phenoxy) is 1. The second kappa shape index (κ2) is 6.66. The summed E-state index contributed by atoms with van der Waals surface area (Å²) in [5, 5.41) is 2.91. The van der Waals surface area contributed by atoms with Gasteiger partial charge in [-0.2, -0.15) is 0 Å².